The van der Waals surface area contributed by atoms with Crippen LogP contribution in [0.2, 0.25) is 0 Å². The summed E-state index contributed by atoms with van der Waals surface area (Å²) in [6.45, 7) is 3.14. The van der Waals surface area contributed by atoms with E-state index in [1.54, 1.807) is 20.3 Å². The lowest BCUT2D eigenvalue weighted by Gasteiger charge is -2.44. The first kappa shape index (κ1) is 19.8. The molecule has 7 heteroatoms. The summed E-state index contributed by atoms with van der Waals surface area (Å²) in [6, 6.07) is 7.94. The number of aromatic amines is 1. The number of hydrogen-bond donors (Lipinski definition) is 2. The van der Waals surface area contributed by atoms with Crippen molar-refractivity contribution in [3.05, 3.63) is 30.0 Å². The maximum Gasteiger partial charge on any atom is 0.269 e. The van der Waals surface area contributed by atoms with Crippen LogP contribution in [0.5, 0.6) is 11.5 Å². The molecule has 2 fully saturated rings. The summed E-state index contributed by atoms with van der Waals surface area (Å²) in [4.78, 5) is 15.3. The average molecular weight is 399 g/mol. The third-order valence-corrected chi connectivity index (χ3v) is 6.26. The first-order valence-electron chi connectivity index (χ1n) is 10.5. The Balaban J connectivity index is 1.41. The number of hydrogen-bond acceptors (Lipinski definition) is 5. The van der Waals surface area contributed by atoms with Crippen LogP contribution >= 0.6 is 0 Å². The van der Waals surface area contributed by atoms with E-state index in [1.165, 1.54) is 45.2 Å². The second-order valence-corrected chi connectivity index (χ2v) is 7.94. The third-order valence-electron chi connectivity index (χ3n) is 6.26. The largest absolute Gasteiger partial charge is 0.497 e. The molecular formula is C22H30N4O3. The molecule has 0 aliphatic carbocycles. The number of piperidine rings is 2. The third kappa shape index (κ3) is 4.24. The molecule has 1 aromatic carbocycles. The molecule has 4 rings (SSSR count). The maximum atomic E-state index is 12.7. The van der Waals surface area contributed by atoms with Crippen molar-refractivity contribution in [2.75, 3.05) is 33.9 Å². The van der Waals surface area contributed by atoms with E-state index in [4.69, 9.17) is 9.47 Å². The number of nitrogens with one attached hydrogen (secondary N) is 2. The van der Waals surface area contributed by atoms with Gasteiger partial charge in [0.25, 0.3) is 5.91 Å². The summed E-state index contributed by atoms with van der Waals surface area (Å²) in [5, 5.41) is 10.3. The number of carbonyl (C=O) groups is 1. The number of rotatable bonds is 6. The van der Waals surface area contributed by atoms with Crippen LogP contribution in [0.25, 0.3) is 11.3 Å². The fourth-order valence-corrected chi connectivity index (χ4v) is 4.72. The van der Waals surface area contributed by atoms with Crippen molar-refractivity contribution in [1.29, 1.82) is 0 Å². The van der Waals surface area contributed by atoms with Crippen LogP contribution in [0.15, 0.2) is 24.3 Å². The van der Waals surface area contributed by atoms with E-state index in [0.29, 0.717) is 34.8 Å². The number of methoxy groups -OCH3 is 2. The Kier molecular flexibility index (Phi) is 6.04. The van der Waals surface area contributed by atoms with Gasteiger partial charge in [0.2, 0.25) is 0 Å². The van der Waals surface area contributed by atoms with Crippen molar-refractivity contribution in [2.45, 2.75) is 38.1 Å². The Labute approximate surface area is 171 Å². The van der Waals surface area contributed by atoms with Crippen molar-refractivity contribution < 1.29 is 14.3 Å². The molecule has 3 heterocycles. The molecule has 2 atom stereocenters. The highest BCUT2D eigenvalue weighted by Crippen LogP contribution is 2.33. The minimum Gasteiger partial charge on any atom is -0.497 e. The van der Waals surface area contributed by atoms with Crippen LogP contribution in [0.3, 0.4) is 0 Å². The fourth-order valence-electron chi connectivity index (χ4n) is 4.72. The lowest BCUT2D eigenvalue weighted by atomic mass is 9.83. The van der Waals surface area contributed by atoms with Crippen molar-refractivity contribution in [3.63, 3.8) is 0 Å². The van der Waals surface area contributed by atoms with Crippen molar-refractivity contribution in [1.82, 2.24) is 20.4 Å². The summed E-state index contributed by atoms with van der Waals surface area (Å²) in [5.74, 6) is 1.80. The van der Waals surface area contributed by atoms with Gasteiger partial charge in [0.1, 0.15) is 17.2 Å². The molecule has 2 saturated heterocycles. The first-order chi connectivity index (χ1) is 14.2. The van der Waals surface area contributed by atoms with Gasteiger partial charge in [-0.3, -0.25) is 9.89 Å². The molecule has 0 bridgehead atoms. The summed E-state index contributed by atoms with van der Waals surface area (Å²) in [7, 11) is 3.22. The van der Waals surface area contributed by atoms with Crippen LogP contribution in [-0.2, 0) is 0 Å². The predicted octanol–water partition coefficient (Wildman–Crippen LogP) is 3.09. The molecule has 156 valence electrons. The number of carbonyl (C=O) groups excluding carboxylic acids is 1. The Bertz CT molecular complexity index is 848. The number of nitrogens with zero attached hydrogens (tertiary/aromatic N) is 2. The van der Waals surface area contributed by atoms with E-state index in [2.05, 4.69) is 20.4 Å². The van der Waals surface area contributed by atoms with Crippen LogP contribution in [0, 0.1) is 5.92 Å². The monoisotopic (exact) mass is 398 g/mol. The van der Waals surface area contributed by atoms with Crippen molar-refractivity contribution in [2.24, 2.45) is 5.92 Å². The molecule has 0 saturated carbocycles. The lowest BCUT2D eigenvalue weighted by molar-refractivity contribution is 0.0575. The smallest absolute Gasteiger partial charge is 0.269 e. The van der Waals surface area contributed by atoms with Crippen LogP contribution in [-0.4, -0.2) is 60.9 Å². The number of H-pyrrole nitrogens is 1. The number of aromatic nitrogens is 2. The van der Waals surface area contributed by atoms with Gasteiger partial charge < -0.3 is 19.7 Å². The van der Waals surface area contributed by atoms with E-state index >= 15 is 0 Å². The van der Waals surface area contributed by atoms with Crippen LogP contribution in [0.1, 0.15) is 42.6 Å². The fraction of sp³-hybridized carbons (Fsp3) is 0.545. The molecular weight excluding hydrogens is 368 g/mol. The maximum absolute atomic E-state index is 12.7. The lowest BCUT2D eigenvalue weighted by Crippen LogP contribution is -2.51. The second-order valence-electron chi connectivity index (χ2n) is 7.94. The summed E-state index contributed by atoms with van der Waals surface area (Å²) in [5.41, 5.74) is 1.95. The quantitative estimate of drug-likeness (QED) is 0.782. The zero-order valence-corrected chi connectivity index (χ0v) is 17.2. The zero-order chi connectivity index (χ0) is 20.2. The first-order valence-corrected chi connectivity index (χ1v) is 10.5. The highest BCUT2D eigenvalue weighted by Gasteiger charge is 2.33. The van der Waals surface area contributed by atoms with E-state index in [-0.39, 0.29) is 5.91 Å². The Morgan fingerprint density at radius 3 is 2.86 bits per heavy atom. The highest BCUT2D eigenvalue weighted by molar-refractivity contribution is 5.93. The molecule has 1 aromatic heterocycles. The number of amides is 1. The molecule has 0 spiro atoms. The molecule has 2 aliphatic rings. The number of benzene rings is 1. The van der Waals surface area contributed by atoms with Gasteiger partial charge in [-0.15, -0.1) is 0 Å². The molecule has 2 N–H and O–H groups in total. The van der Waals surface area contributed by atoms with Crippen LogP contribution < -0.4 is 14.8 Å². The second kappa shape index (κ2) is 8.86. The Morgan fingerprint density at radius 1 is 1.17 bits per heavy atom. The Morgan fingerprint density at radius 2 is 2.03 bits per heavy atom. The van der Waals surface area contributed by atoms with Gasteiger partial charge in [-0.05, 0) is 62.9 Å². The SMILES string of the molecule is COc1ccc(-c2cc(C(=O)NC[C@@H]3CCCN4CCCCC34)[nH]n2)c(OC)c1. The number of fused-ring (bicyclic) bond motifs is 1. The summed E-state index contributed by atoms with van der Waals surface area (Å²) >= 11 is 0. The van der Waals surface area contributed by atoms with Crippen molar-refractivity contribution >= 4 is 5.91 Å². The van der Waals surface area contributed by atoms with Crippen molar-refractivity contribution in [3.8, 4) is 22.8 Å². The highest BCUT2D eigenvalue weighted by atomic mass is 16.5. The molecule has 0 radical (unpaired) electrons. The van der Waals surface area contributed by atoms with Crippen LogP contribution in [0.4, 0.5) is 0 Å². The average Bonchev–Trinajstić information content (AvgIpc) is 3.27. The molecule has 29 heavy (non-hydrogen) atoms. The normalized spacial score (nSPS) is 22.0. The zero-order valence-electron chi connectivity index (χ0n) is 17.2. The minimum absolute atomic E-state index is 0.107. The van der Waals surface area contributed by atoms with E-state index in [1.807, 2.05) is 18.2 Å². The molecule has 1 unspecified atom stereocenters. The van der Waals surface area contributed by atoms with E-state index in [9.17, 15) is 4.79 Å². The Hall–Kier alpha value is -2.54. The van der Waals surface area contributed by atoms with Gasteiger partial charge in [0, 0.05) is 24.2 Å². The van der Waals surface area contributed by atoms with Gasteiger partial charge in [0.05, 0.1) is 19.9 Å². The standard InChI is InChI=1S/C22H30N4O3/c1-28-16-8-9-17(21(12-16)29-2)18-13-19(25-24-18)22(27)23-14-15-6-5-11-26-10-4-3-7-20(15)26/h8-9,12-13,15,20H,3-7,10-11,14H2,1-2H3,(H,23,27)(H,24,25)/t15-,20?/m0/s1. The minimum atomic E-state index is -0.107. The van der Waals surface area contributed by atoms with Gasteiger partial charge >= 0.3 is 0 Å². The van der Waals surface area contributed by atoms with Gasteiger partial charge in [-0.2, -0.15) is 5.10 Å². The van der Waals surface area contributed by atoms with Gasteiger partial charge in [-0.1, -0.05) is 6.42 Å². The van der Waals surface area contributed by atoms with E-state index in [0.717, 1.165) is 12.1 Å². The molecule has 2 aromatic rings. The molecule has 1 amide bonds. The number of ether oxygens (including phenoxy) is 2. The predicted molar refractivity (Wildman–Crippen MR) is 111 cm³/mol. The van der Waals surface area contributed by atoms with E-state index < -0.39 is 0 Å². The van der Waals surface area contributed by atoms with Gasteiger partial charge in [-0.25, -0.2) is 0 Å². The molecule has 2 aliphatic heterocycles. The molecule has 7 nitrogen and oxygen atoms in total. The topological polar surface area (TPSA) is 79.5 Å². The summed E-state index contributed by atoms with van der Waals surface area (Å²) in [6.07, 6.45) is 6.29. The van der Waals surface area contributed by atoms with Gasteiger partial charge in [0.15, 0.2) is 0 Å². The summed E-state index contributed by atoms with van der Waals surface area (Å²) < 4.78 is 10.7.